The average molecular weight is 571 g/mol. The summed E-state index contributed by atoms with van der Waals surface area (Å²) in [7, 11) is 0. The number of amides is 1. The Labute approximate surface area is 226 Å². The Balaban J connectivity index is 1.48. The molecule has 1 amide bonds. The van der Waals surface area contributed by atoms with Gasteiger partial charge in [-0.15, -0.1) is 0 Å². The number of rotatable bonds is 4. The fourth-order valence-electron chi connectivity index (χ4n) is 5.75. The summed E-state index contributed by atoms with van der Waals surface area (Å²) in [5.41, 5.74) is -0.141. The summed E-state index contributed by atoms with van der Waals surface area (Å²) in [5, 5.41) is 0. The molecule has 2 fully saturated rings. The maximum atomic E-state index is 13.5. The number of fused-ring (bicyclic) bond motifs is 1. The number of hydrogen-bond donors (Lipinski definition) is 0. The van der Waals surface area contributed by atoms with Crippen LogP contribution in [0.25, 0.3) is 0 Å². The Hall–Kier alpha value is -3.12. The number of benzene rings is 2. The van der Waals surface area contributed by atoms with E-state index in [-0.39, 0.29) is 48.6 Å². The van der Waals surface area contributed by atoms with Crippen LogP contribution in [0.2, 0.25) is 0 Å². The van der Waals surface area contributed by atoms with Crippen LogP contribution >= 0.6 is 0 Å². The number of likely N-dealkylation sites (tertiary alicyclic amines) is 1. The quantitative estimate of drug-likeness (QED) is 0.421. The van der Waals surface area contributed by atoms with Gasteiger partial charge in [-0.25, -0.2) is 0 Å². The number of nitrogens with zero attached hydrogens (tertiary/aromatic N) is 2. The van der Waals surface area contributed by atoms with Crippen molar-refractivity contribution in [1.82, 2.24) is 4.90 Å². The molecule has 5 rings (SSSR count). The van der Waals surface area contributed by atoms with Crippen molar-refractivity contribution in [3.8, 4) is 0 Å². The van der Waals surface area contributed by atoms with Gasteiger partial charge in [0.1, 0.15) is 0 Å². The summed E-state index contributed by atoms with van der Waals surface area (Å²) in [4.78, 5) is 17.5. The highest BCUT2D eigenvalue weighted by Gasteiger charge is 2.49. The van der Waals surface area contributed by atoms with Gasteiger partial charge in [0.15, 0.2) is 12.9 Å². The van der Waals surface area contributed by atoms with Gasteiger partial charge < -0.3 is 19.1 Å². The summed E-state index contributed by atoms with van der Waals surface area (Å²) in [6.07, 6.45) is -12.0. The molecule has 0 aliphatic carbocycles. The van der Waals surface area contributed by atoms with Crippen molar-refractivity contribution in [3.63, 3.8) is 0 Å². The maximum Gasteiger partial charge on any atom is 0.416 e. The Morgan fingerprint density at radius 1 is 1.02 bits per heavy atom. The molecule has 3 aliphatic heterocycles. The number of carbonyl (C=O) groups excluding carboxylic acids is 1. The van der Waals surface area contributed by atoms with Crippen LogP contribution in [-0.2, 0) is 31.4 Å². The minimum absolute atomic E-state index is 0.00691. The molecular formula is C28H28F6N2O4. The van der Waals surface area contributed by atoms with Gasteiger partial charge in [-0.2, -0.15) is 31.3 Å². The van der Waals surface area contributed by atoms with Crippen molar-refractivity contribution in [1.29, 1.82) is 0 Å². The second-order valence-corrected chi connectivity index (χ2v) is 10.5. The van der Waals surface area contributed by atoms with Gasteiger partial charge in [-0.05, 0) is 67.1 Å². The van der Waals surface area contributed by atoms with Crippen molar-refractivity contribution < 1.29 is 45.3 Å². The topological polar surface area (TPSA) is 60.4 Å². The van der Waals surface area contributed by atoms with E-state index in [1.165, 1.54) is 6.92 Å². The number of aliphatic imine (C=N–C) groups is 1. The number of amidine groups is 1. The molecule has 2 aromatic rings. The van der Waals surface area contributed by atoms with Gasteiger partial charge in [-0.1, -0.05) is 18.2 Å². The van der Waals surface area contributed by atoms with Crippen molar-refractivity contribution in [2.75, 3.05) is 26.3 Å². The van der Waals surface area contributed by atoms with Crippen LogP contribution in [0.5, 0.6) is 0 Å². The minimum atomic E-state index is -4.97. The Morgan fingerprint density at radius 3 is 2.30 bits per heavy atom. The van der Waals surface area contributed by atoms with Gasteiger partial charge in [-0.3, -0.25) is 4.79 Å². The first kappa shape index (κ1) is 28.4. The van der Waals surface area contributed by atoms with E-state index < -0.39 is 41.8 Å². The molecule has 3 aliphatic rings. The van der Waals surface area contributed by atoms with Gasteiger partial charge >= 0.3 is 12.4 Å². The lowest BCUT2D eigenvalue weighted by molar-refractivity contribution is -0.217. The second kappa shape index (κ2) is 10.4. The molecule has 3 heterocycles. The summed E-state index contributed by atoms with van der Waals surface area (Å²) in [6, 6.07) is 7.48. The Morgan fingerprint density at radius 2 is 1.70 bits per heavy atom. The fraction of sp³-hybridized carbons (Fsp3) is 0.500. The maximum absolute atomic E-state index is 13.5. The van der Waals surface area contributed by atoms with Crippen molar-refractivity contribution in [2.45, 2.75) is 51.4 Å². The van der Waals surface area contributed by atoms with Gasteiger partial charge in [0.25, 0.3) is 11.9 Å². The zero-order valence-electron chi connectivity index (χ0n) is 22.0. The van der Waals surface area contributed by atoms with E-state index in [1.807, 2.05) is 36.9 Å². The zero-order valence-corrected chi connectivity index (χ0v) is 22.0. The summed E-state index contributed by atoms with van der Waals surface area (Å²) >= 11 is 0. The van der Waals surface area contributed by atoms with E-state index >= 15 is 0 Å². The first-order valence-corrected chi connectivity index (χ1v) is 12.8. The van der Waals surface area contributed by atoms with E-state index in [2.05, 4.69) is 4.99 Å². The minimum Gasteiger partial charge on any atom is -0.455 e. The number of hydrogen-bond acceptors (Lipinski definition) is 5. The largest absolute Gasteiger partial charge is 0.455 e. The SMILES string of the molecule is Cc1cccc([C@@H]2[C@@H](O[C@H](C)c3cc(C(F)(F)F)cc(C(F)(F)F)c3)OC[C@@H]3CN(C4=NC(=O)CO4)C[C@H]32)c1C. The predicted octanol–water partition coefficient (Wildman–Crippen LogP) is 6.02. The first-order chi connectivity index (χ1) is 18.7. The molecule has 0 spiro atoms. The van der Waals surface area contributed by atoms with Crippen LogP contribution in [0.4, 0.5) is 26.3 Å². The molecule has 0 saturated carbocycles. The zero-order chi connectivity index (χ0) is 29.0. The third-order valence-electron chi connectivity index (χ3n) is 7.96. The predicted molar refractivity (Wildman–Crippen MR) is 131 cm³/mol. The lowest BCUT2D eigenvalue weighted by Crippen LogP contribution is -2.42. The molecule has 0 bridgehead atoms. The number of alkyl halides is 6. The van der Waals surface area contributed by atoms with Gasteiger partial charge in [0, 0.05) is 24.9 Å². The van der Waals surface area contributed by atoms with E-state index in [4.69, 9.17) is 14.2 Å². The fourth-order valence-corrected chi connectivity index (χ4v) is 5.75. The number of aryl methyl sites for hydroxylation is 1. The van der Waals surface area contributed by atoms with Crippen molar-refractivity contribution >= 4 is 11.9 Å². The van der Waals surface area contributed by atoms with Crippen LogP contribution < -0.4 is 0 Å². The lowest BCUT2D eigenvalue weighted by atomic mass is 9.76. The van der Waals surface area contributed by atoms with Gasteiger partial charge in [0.2, 0.25) is 0 Å². The molecule has 2 aromatic carbocycles. The molecule has 216 valence electrons. The van der Waals surface area contributed by atoms with E-state index in [9.17, 15) is 31.1 Å². The van der Waals surface area contributed by atoms with E-state index in [0.717, 1.165) is 16.7 Å². The van der Waals surface area contributed by atoms with E-state index in [0.29, 0.717) is 25.2 Å². The third kappa shape index (κ3) is 5.56. The molecule has 0 aromatic heterocycles. The average Bonchev–Trinajstić information content (AvgIpc) is 3.51. The highest BCUT2D eigenvalue weighted by atomic mass is 19.4. The van der Waals surface area contributed by atoms with Gasteiger partial charge in [0.05, 0.1) is 23.8 Å². The number of carbonyl (C=O) groups is 1. The molecule has 12 heteroatoms. The smallest absolute Gasteiger partial charge is 0.416 e. The summed E-state index contributed by atoms with van der Waals surface area (Å²) in [5.74, 6) is -0.827. The highest BCUT2D eigenvalue weighted by molar-refractivity contribution is 5.96. The van der Waals surface area contributed by atoms with Crippen LogP contribution in [0, 0.1) is 25.7 Å². The van der Waals surface area contributed by atoms with E-state index in [1.54, 1.807) is 0 Å². The first-order valence-electron chi connectivity index (χ1n) is 12.8. The molecule has 0 radical (unpaired) electrons. The normalized spacial score (nSPS) is 26.0. The molecular weight excluding hydrogens is 542 g/mol. The highest BCUT2D eigenvalue weighted by Crippen LogP contribution is 2.46. The summed E-state index contributed by atoms with van der Waals surface area (Å²) < 4.78 is 98.6. The third-order valence-corrected chi connectivity index (χ3v) is 7.96. The Kier molecular flexibility index (Phi) is 7.37. The summed E-state index contributed by atoms with van der Waals surface area (Å²) in [6.45, 7) is 6.42. The van der Waals surface area contributed by atoms with Crippen LogP contribution in [0.1, 0.15) is 52.3 Å². The lowest BCUT2D eigenvalue weighted by Gasteiger charge is -2.41. The molecule has 0 N–H and O–H groups in total. The standard InChI is InChI=1S/C28H28F6N2O4/c1-14-5-4-6-21(15(14)2)24-22-11-36(26-35-23(37)13-39-26)10-18(22)12-38-25(24)40-16(3)17-7-19(27(29,30)31)9-20(8-17)28(32,33)34/h4-9,16,18,22,24-25H,10-13H2,1-3H3/t16-,18+,22-,24+,25-/m1/s1. The Bertz CT molecular complexity index is 1290. The molecule has 6 nitrogen and oxygen atoms in total. The molecule has 5 atom stereocenters. The molecule has 0 unspecified atom stereocenters. The number of halogens is 6. The van der Waals surface area contributed by atoms with Crippen LogP contribution in [-0.4, -0.2) is 49.4 Å². The van der Waals surface area contributed by atoms with Crippen molar-refractivity contribution in [2.24, 2.45) is 16.8 Å². The molecule has 40 heavy (non-hydrogen) atoms. The van der Waals surface area contributed by atoms with Crippen molar-refractivity contribution in [3.05, 3.63) is 69.8 Å². The molecule has 2 saturated heterocycles. The van der Waals surface area contributed by atoms with Crippen LogP contribution in [0.15, 0.2) is 41.4 Å². The second-order valence-electron chi connectivity index (χ2n) is 10.5. The monoisotopic (exact) mass is 570 g/mol. The number of ether oxygens (including phenoxy) is 3. The van der Waals surface area contributed by atoms with Crippen LogP contribution in [0.3, 0.4) is 0 Å².